The molecule has 0 fully saturated rings. The van der Waals surface area contributed by atoms with E-state index in [1.54, 1.807) is 29.2 Å². The van der Waals surface area contributed by atoms with Crippen molar-refractivity contribution >= 4 is 35.1 Å². The fourth-order valence-corrected chi connectivity index (χ4v) is 2.65. The molecule has 0 aromatic heterocycles. The Kier molecular flexibility index (Phi) is 4.87. The van der Waals surface area contributed by atoms with Crippen LogP contribution in [0.1, 0.15) is 34.6 Å². The van der Waals surface area contributed by atoms with Gasteiger partial charge in [-0.15, -0.1) is 0 Å². The van der Waals surface area contributed by atoms with E-state index < -0.39 is 17.7 Å². The van der Waals surface area contributed by atoms with Gasteiger partial charge in [-0.25, -0.2) is 0 Å². The van der Waals surface area contributed by atoms with E-state index in [9.17, 15) is 14.4 Å². The zero-order valence-corrected chi connectivity index (χ0v) is 13.3. The highest BCUT2D eigenvalue weighted by atomic mass is 32.1. The summed E-state index contributed by atoms with van der Waals surface area (Å²) in [7, 11) is 0. The second-order valence-electron chi connectivity index (χ2n) is 4.77. The van der Waals surface area contributed by atoms with Crippen molar-refractivity contribution in [1.82, 2.24) is 15.1 Å². The van der Waals surface area contributed by atoms with E-state index in [1.807, 2.05) is 13.8 Å². The Bertz CT molecular complexity index is 606. The third-order valence-corrected chi connectivity index (χ3v) is 3.84. The van der Waals surface area contributed by atoms with Crippen LogP contribution in [0.2, 0.25) is 0 Å². The van der Waals surface area contributed by atoms with Gasteiger partial charge in [0, 0.05) is 13.1 Å². The second-order valence-corrected chi connectivity index (χ2v) is 5.15. The summed E-state index contributed by atoms with van der Waals surface area (Å²) in [5.74, 6) is -1.39. The van der Waals surface area contributed by atoms with Gasteiger partial charge in [0.2, 0.25) is 5.91 Å². The van der Waals surface area contributed by atoms with Crippen LogP contribution < -0.4 is 5.32 Å². The number of hydrogen-bond acceptors (Lipinski definition) is 4. The lowest BCUT2D eigenvalue weighted by molar-refractivity contribution is -0.120. The molecule has 1 N–H and O–H groups in total. The summed E-state index contributed by atoms with van der Waals surface area (Å²) in [6, 6.07) is 6.52. The average molecular weight is 319 g/mol. The molecular weight excluding hydrogens is 302 g/mol. The first-order valence-electron chi connectivity index (χ1n) is 7.03. The number of nitrogens with zero attached hydrogens (tertiary/aromatic N) is 2. The molecule has 0 atom stereocenters. The van der Waals surface area contributed by atoms with Crippen molar-refractivity contribution in [2.24, 2.45) is 0 Å². The average Bonchev–Trinajstić information content (AvgIpc) is 2.74. The van der Waals surface area contributed by atoms with Crippen LogP contribution in [0, 0.1) is 0 Å². The van der Waals surface area contributed by atoms with E-state index in [0.29, 0.717) is 29.3 Å². The number of benzene rings is 1. The van der Waals surface area contributed by atoms with Crippen LogP contribution in [-0.4, -0.2) is 52.3 Å². The molecule has 0 bridgehead atoms. The summed E-state index contributed by atoms with van der Waals surface area (Å²) in [6.07, 6.45) is 0. The summed E-state index contributed by atoms with van der Waals surface area (Å²) >= 11 is 5.12. The van der Waals surface area contributed by atoms with Gasteiger partial charge in [-0.3, -0.25) is 19.3 Å². The van der Waals surface area contributed by atoms with E-state index in [-0.39, 0.29) is 6.54 Å². The molecule has 1 aliphatic heterocycles. The molecule has 1 aromatic rings. The predicted octanol–water partition coefficient (Wildman–Crippen LogP) is 1.03. The largest absolute Gasteiger partial charge is 0.350 e. The molecule has 1 aliphatic rings. The van der Waals surface area contributed by atoms with E-state index >= 15 is 0 Å². The number of amides is 3. The lowest BCUT2D eigenvalue weighted by Crippen LogP contribution is -2.47. The minimum atomic E-state index is -0.480. The van der Waals surface area contributed by atoms with Crippen molar-refractivity contribution in [2.45, 2.75) is 13.8 Å². The molecule has 1 aromatic carbocycles. The fraction of sp³-hybridized carbons (Fsp3) is 0.333. The van der Waals surface area contributed by atoms with Crippen LogP contribution in [0.25, 0.3) is 0 Å². The molecule has 1 heterocycles. The van der Waals surface area contributed by atoms with Gasteiger partial charge in [-0.2, -0.15) is 0 Å². The Morgan fingerprint density at radius 1 is 1.14 bits per heavy atom. The van der Waals surface area contributed by atoms with Crippen LogP contribution >= 0.6 is 12.2 Å². The maximum atomic E-state index is 12.2. The lowest BCUT2D eigenvalue weighted by Gasteiger charge is -2.22. The Labute approximate surface area is 134 Å². The van der Waals surface area contributed by atoms with Crippen molar-refractivity contribution in [3.05, 3.63) is 35.4 Å². The van der Waals surface area contributed by atoms with Gasteiger partial charge in [0.05, 0.1) is 11.1 Å². The lowest BCUT2D eigenvalue weighted by atomic mass is 10.1. The monoisotopic (exact) mass is 319 g/mol. The standard InChI is InChI=1S/C15H17N3O3S/c1-3-17(4-2)15(22)16-12(19)9-18-13(20)10-7-5-6-8-11(10)14(18)21/h5-8H,3-4,9H2,1-2H3,(H,16,19,22). The molecule has 116 valence electrons. The molecule has 22 heavy (non-hydrogen) atoms. The summed E-state index contributed by atoms with van der Waals surface area (Å²) < 4.78 is 0. The Hall–Kier alpha value is -2.28. The summed E-state index contributed by atoms with van der Waals surface area (Å²) in [4.78, 5) is 39.1. The SMILES string of the molecule is CCN(CC)C(=S)NC(=O)CN1C(=O)c2ccccc2C1=O. The number of imide groups is 1. The fourth-order valence-electron chi connectivity index (χ4n) is 2.28. The minimum absolute atomic E-state index is 0.298. The van der Waals surface area contributed by atoms with E-state index in [4.69, 9.17) is 12.2 Å². The van der Waals surface area contributed by atoms with Crippen molar-refractivity contribution < 1.29 is 14.4 Å². The molecule has 0 aliphatic carbocycles. The van der Waals surface area contributed by atoms with E-state index in [0.717, 1.165) is 4.90 Å². The number of carbonyl (C=O) groups excluding carboxylic acids is 3. The normalized spacial score (nSPS) is 13.1. The van der Waals surface area contributed by atoms with Crippen molar-refractivity contribution in [3.63, 3.8) is 0 Å². The van der Waals surface area contributed by atoms with Gasteiger partial charge >= 0.3 is 0 Å². The molecule has 7 heteroatoms. The minimum Gasteiger partial charge on any atom is -0.350 e. The predicted molar refractivity (Wildman–Crippen MR) is 85.5 cm³/mol. The first-order valence-corrected chi connectivity index (χ1v) is 7.44. The van der Waals surface area contributed by atoms with Gasteiger partial charge < -0.3 is 10.2 Å². The number of hydrogen-bond donors (Lipinski definition) is 1. The molecule has 0 saturated carbocycles. The Balaban J connectivity index is 2.03. The van der Waals surface area contributed by atoms with Gasteiger partial charge in [-0.1, -0.05) is 12.1 Å². The molecule has 2 rings (SSSR count). The highest BCUT2D eigenvalue weighted by Gasteiger charge is 2.36. The first-order chi connectivity index (χ1) is 10.5. The zero-order valence-electron chi connectivity index (χ0n) is 12.5. The summed E-state index contributed by atoms with van der Waals surface area (Å²) in [5, 5.41) is 2.85. The smallest absolute Gasteiger partial charge is 0.262 e. The number of nitrogens with one attached hydrogen (secondary N) is 1. The van der Waals surface area contributed by atoms with Crippen molar-refractivity contribution in [1.29, 1.82) is 0 Å². The number of fused-ring (bicyclic) bond motifs is 1. The molecule has 6 nitrogen and oxygen atoms in total. The Morgan fingerprint density at radius 2 is 1.64 bits per heavy atom. The topological polar surface area (TPSA) is 69.7 Å². The molecule has 0 saturated heterocycles. The second kappa shape index (κ2) is 6.65. The quantitative estimate of drug-likeness (QED) is 0.663. The Morgan fingerprint density at radius 3 is 2.09 bits per heavy atom. The molecule has 0 unspecified atom stereocenters. The van der Waals surface area contributed by atoms with Gasteiger partial charge in [0.25, 0.3) is 11.8 Å². The zero-order chi connectivity index (χ0) is 16.3. The van der Waals surface area contributed by atoms with Crippen LogP contribution in [0.4, 0.5) is 0 Å². The number of rotatable bonds is 4. The maximum Gasteiger partial charge on any atom is 0.262 e. The third-order valence-electron chi connectivity index (χ3n) is 3.48. The van der Waals surface area contributed by atoms with Crippen LogP contribution in [0.3, 0.4) is 0 Å². The van der Waals surface area contributed by atoms with Gasteiger partial charge in [0.15, 0.2) is 5.11 Å². The highest BCUT2D eigenvalue weighted by molar-refractivity contribution is 7.80. The first kappa shape index (κ1) is 16.1. The van der Waals surface area contributed by atoms with Crippen molar-refractivity contribution in [3.8, 4) is 0 Å². The molecule has 3 amide bonds. The number of thiocarbonyl (C=S) groups is 1. The maximum absolute atomic E-state index is 12.2. The van der Waals surface area contributed by atoms with Crippen LogP contribution in [0.15, 0.2) is 24.3 Å². The molecule has 0 radical (unpaired) electrons. The summed E-state index contributed by atoms with van der Waals surface area (Å²) in [5.41, 5.74) is 0.651. The van der Waals surface area contributed by atoms with Gasteiger partial charge in [-0.05, 0) is 38.2 Å². The molecule has 0 spiro atoms. The third kappa shape index (κ3) is 2.99. The van der Waals surface area contributed by atoms with E-state index in [1.165, 1.54) is 0 Å². The number of carbonyl (C=O) groups is 3. The van der Waals surface area contributed by atoms with Gasteiger partial charge in [0.1, 0.15) is 6.54 Å². The van der Waals surface area contributed by atoms with Crippen molar-refractivity contribution in [2.75, 3.05) is 19.6 Å². The van der Waals surface area contributed by atoms with Crippen LogP contribution in [-0.2, 0) is 4.79 Å². The summed E-state index contributed by atoms with van der Waals surface area (Å²) in [6.45, 7) is 4.84. The molecular formula is C15H17N3O3S. The van der Waals surface area contributed by atoms with E-state index in [2.05, 4.69) is 5.32 Å². The van der Waals surface area contributed by atoms with Crippen LogP contribution in [0.5, 0.6) is 0 Å². The highest BCUT2D eigenvalue weighted by Crippen LogP contribution is 2.21.